The van der Waals surface area contributed by atoms with E-state index in [9.17, 15) is 0 Å². The van der Waals surface area contributed by atoms with Crippen molar-refractivity contribution in [1.82, 2.24) is 19.7 Å². The van der Waals surface area contributed by atoms with Crippen LogP contribution in [0.15, 0.2) is 61.2 Å². The highest BCUT2D eigenvalue weighted by molar-refractivity contribution is 5.88. The molecule has 102 valence electrons. The molecule has 3 aromatic heterocycles. The minimum absolute atomic E-state index is 0.978. The van der Waals surface area contributed by atoms with E-state index in [0.717, 1.165) is 27.9 Å². The quantitative estimate of drug-likeness (QED) is 0.606. The fourth-order valence-electron chi connectivity index (χ4n) is 2.64. The van der Waals surface area contributed by atoms with Crippen molar-refractivity contribution in [2.24, 2.45) is 7.05 Å². The van der Waals surface area contributed by atoms with Gasteiger partial charge in [0.25, 0.3) is 0 Å². The minimum atomic E-state index is 0.978. The van der Waals surface area contributed by atoms with Crippen LogP contribution < -0.4 is 0 Å². The van der Waals surface area contributed by atoms with Crippen LogP contribution in [-0.4, -0.2) is 19.7 Å². The van der Waals surface area contributed by atoms with Gasteiger partial charge in [0, 0.05) is 48.5 Å². The second kappa shape index (κ2) is 4.59. The highest BCUT2D eigenvalue weighted by atomic mass is 15.2. The lowest BCUT2D eigenvalue weighted by atomic mass is 10.0. The van der Waals surface area contributed by atoms with E-state index in [1.54, 1.807) is 12.4 Å². The van der Waals surface area contributed by atoms with Crippen molar-refractivity contribution < 1.29 is 0 Å². The van der Waals surface area contributed by atoms with Crippen molar-refractivity contribution >= 4 is 10.9 Å². The summed E-state index contributed by atoms with van der Waals surface area (Å²) in [5, 5.41) is 5.82. The molecule has 0 aliphatic carbocycles. The van der Waals surface area contributed by atoms with Crippen molar-refractivity contribution in [2.45, 2.75) is 0 Å². The van der Waals surface area contributed by atoms with Crippen LogP contribution in [0.4, 0.5) is 0 Å². The Morgan fingerprint density at radius 3 is 2.71 bits per heavy atom. The first kappa shape index (κ1) is 11.9. The van der Waals surface area contributed by atoms with Crippen molar-refractivity contribution in [1.29, 1.82) is 0 Å². The molecule has 0 unspecified atom stereocenters. The Morgan fingerprint density at radius 2 is 1.86 bits per heavy atom. The molecule has 0 saturated carbocycles. The van der Waals surface area contributed by atoms with E-state index in [-0.39, 0.29) is 0 Å². The van der Waals surface area contributed by atoms with Gasteiger partial charge >= 0.3 is 0 Å². The molecule has 1 aromatic carbocycles. The summed E-state index contributed by atoms with van der Waals surface area (Å²) in [4.78, 5) is 7.33. The Morgan fingerprint density at radius 1 is 1.00 bits per heavy atom. The van der Waals surface area contributed by atoms with Gasteiger partial charge in [-0.25, -0.2) is 0 Å². The Kier molecular flexibility index (Phi) is 2.60. The molecule has 0 fully saturated rings. The van der Waals surface area contributed by atoms with Gasteiger partial charge in [0.2, 0.25) is 0 Å². The second-order valence-electron chi connectivity index (χ2n) is 5.08. The van der Waals surface area contributed by atoms with Crippen molar-refractivity contribution in [3.8, 4) is 22.4 Å². The number of aromatic amines is 1. The summed E-state index contributed by atoms with van der Waals surface area (Å²) in [5.41, 5.74) is 5.47. The average Bonchev–Trinajstić information content (AvgIpc) is 3.13. The lowest BCUT2D eigenvalue weighted by molar-refractivity contribution is 0.771. The van der Waals surface area contributed by atoms with Gasteiger partial charge in [0.15, 0.2) is 0 Å². The number of benzene rings is 1. The van der Waals surface area contributed by atoms with E-state index in [0.29, 0.717) is 0 Å². The van der Waals surface area contributed by atoms with Crippen LogP contribution in [0.3, 0.4) is 0 Å². The molecule has 0 saturated heterocycles. The van der Waals surface area contributed by atoms with E-state index in [2.05, 4.69) is 45.5 Å². The lowest BCUT2D eigenvalue weighted by Crippen LogP contribution is -1.87. The van der Waals surface area contributed by atoms with Gasteiger partial charge in [-0.05, 0) is 35.2 Å². The largest absolute Gasteiger partial charge is 0.361 e. The van der Waals surface area contributed by atoms with E-state index in [1.165, 1.54) is 5.39 Å². The molecule has 0 aliphatic heterocycles. The third kappa shape index (κ3) is 2.01. The van der Waals surface area contributed by atoms with Gasteiger partial charge in [-0.3, -0.25) is 9.67 Å². The van der Waals surface area contributed by atoms with Crippen LogP contribution in [0.25, 0.3) is 33.3 Å². The summed E-state index contributed by atoms with van der Waals surface area (Å²) in [6, 6.07) is 12.5. The second-order valence-corrected chi connectivity index (χ2v) is 5.08. The molecule has 0 aliphatic rings. The molecular formula is C17H14N4. The third-order valence-corrected chi connectivity index (χ3v) is 3.65. The number of fused-ring (bicyclic) bond motifs is 1. The monoisotopic (exact) mass is 274 g/mol. The number of nitrogens with one attached hydrogen (secondary N) is 1. The number of H-pyrrole nitrogens is 1. The standard InChI is InChI=1S/C17H14N4/c1-21-11-15(17(20-21)13-4-7-18-8-5-13)14-3-2-12-6-9-19-16(12)10-14/h2-11,19H,1H3. The molecule has 4 nitrogen and oxygen atoms in total. The molecule has 4 aromatic rings. The molecule has 4 heteroatoms. The first-order valence-corrected chi connectivity index (χ1v) is 6.83. The molecule has 0 spiro atoms. The zero-order chi connectivity index (χ0) is 14.2. The topological polar surface area (TPSA) is 46.5 Å². The van der Waals surface area contributed by atoms with Crippen molar-refractivity contribution in [2.75, 3.05) is 0 Å². The predicted molar refractivity (Wildman–Crippen MR) is 83.7 cm³/mol. The van der Waals surface area contributed by atoms with Gasteiger partial charge < -0.3 is 4.98 Å². The van der Waals surface area contributed by atoms with E-state index >= 15 is 0 Å². The zero-order valence-corrected chi connectivity index (χ0v) is 11.6. The van der Waals surface area contributed by atoms with Gasteiger partial charge in [-0.1, -0.05) is 12.1 Å². The average molecular weight is 274 g/mol. The van der Waals surface area contributed by atoms with E-state index < -0.39 is 0 Å². The first-order valence-electron chi connectivity index (χ1n) is 6.83. The number of pyridine rings is 1. The number of hydrogen-bond acceptors (Lipinski definition) is 2. The summed E-state index contributed by atoms with van der Waals surface area (Å²) in [7, 11) is 1.95. The van der Waals surface area contributed by atoms with Crippen molar-refractivity contribution in [3.05, 3.63) is 61.2 Å². The summed E-state index contributed by atoms with van der Waals surface area (Å²) >= 11 is 0. The molecular weight excluding hydrogens is 260 g/mol. The molecule has 1 N–H and O–H groups in total. The highest BCUT2D eigenvalue weighted by Crippen LogP contribution is 2.32. The van der Waals surface area contributed by atoms with Crippen molar-refractivity contribution in [3.63, 3.8) is 0 Å². The number of aryl methyl sites for hydroxylation is 1. The number of hydrogen-bond donors (Lipinski definition) is 1. The van der Waals surface area contributed by atoms with E-state index in [1.807, 2.05) is 30.1 Å². The first-order chi connectivity index (χ1) is 10.3. The van der Waals surface area contributed by atoms with Crippen LogP contribution in [0.5, 0.6) is 0 Å². The highest BCUT2D eigenvalue weighted by Gasteiger charge is 2.12. The maximum absolute atomic E-state index is 4.60. The summed E-state index contributed by atoms with van der Waals surface area (Å²) < 4.78 is 1.85. The third-order valence-electron chi connectivity index (χ3n) is 3.65. The Labute approximate surface area is 122 Å². The molecule has 21 heavy (non-hydrogen) atoms. The molecule has 4 rings (SSSR count). The molecule has 3 heterocycles. The van der Waals surface area contributed by atoms with Crippen LogP contribution in [0, 0.1) is 0 Å². The maximum atomic E-state index is 4.60. The van der Waals surface area contributed by atoms with Gasteiger partial charge in [-0.2, -0.15) is 5.10 Å². The van der Waals surface area contributed by atoms with Crippen LogP contribution in [0.1, 0.15) is 0 Å². The SMILES string of the molecule is Cn1cc(-c2ccc3cc[nH]c3c2)c(-c2ccncc2)n1. The van der Waals surface area contributed by atoms with Crippen LogP contribution in [-0.2, 0) is 7.05 Å². The Balaban J connectivity index is 1.92. The minimum Gasteiger partial charge on any atom is -0.361 e. The molecule has 0 bridgehead atoms. The summed E-state index contributed by atoms with van der Waals surface area (Å²) in [6.45, 7) is 0. The lowest BCUT2D eigenvalue weighted by Gasteiger charge is -2.03. The molecule has 0 radical (unpaired) electrons. The predicted octanol–water partition coefficient (Wildman–Crippen LogP) is 3.63. The fourth-order valence-corrected chi connectivity index (χ4v) is 2.64. The number of aromatic nitrogens is 4. The summed E-state index contributed by atoms with van der Waals surface area (Å²) in [5.74, 6) is 0. The zero-order valence-electron chi connectivity index (χ0n) is 11.6. The number of rotatable bonds is 2. The fraction of sp³-hybridized carbons (Fsp3) is 0.0588. The van der Waals surface area contributed by atoms with Gasteiger partial charge in [-0.15, -0.1) is 0 Å². The summed E-state index contributed by atoms with van der Waals surface area (Å²) in [6.07, 6.45) is 7.60. The van der Waals surface area contributed by atoms with Crippen LogP contribution >= 0.6 is 0 Å². The maximum Gasteiger partial charge on any atom is 0.100 e. The smallest absolute Gasteiger partial charge is 0.100 e. The van der Waals surface area contributed by atoms with Gasteiger partial charge in [0.05, 0.1) is 0 Å². The number of nitrogens with zero attached hydrogens (tertiary/aromatic N) is 3. The van der Waals surface area contributed by atoms with E-state index in [4.69, 9.17) is 0 Å². The normalized spacial score (nSPS) is 11.1. The van der Waals surface area contributed by atoms with Crippen LogP contribution in [0.2, 0.25) is 0 Å². The Hall–Kier alpha value is -2.88. The molecule has 0 atom stereocenters. The Bertz CT molecular complexity index is 903. The molecule has 0 amide bonds. The van der Waals surface area contributed by atoms with Gasteiger partial charge in [0.1, 0.15) is 5.69 Å².